The first kappa shape index (κ1) is 12.0. The van der Waals surface area contributed by atoms with E-state index in [4.69, 9.17) is 0 Å². The molecule has 0 aromatic heterocycles. The quantitative estimate of drug-likeness (QED) is 0.687. The summed E-state index contributed by atoms with van der Waals surface area (Å²) in [4.78, 5) is 24.1. The van der Waals surface area contributed by atoms with E-state index in [0.717, 1.165) is 32.3 Å². The van der Waals surface area contributed by atoms with Crippen LogP contribution in [-0.2, 0) is 9.59 Å². The van der Waals surface area contributed by atoms with Crippen LogP contribution in [0.15, 0.2) is 0 Å². The number of rotatable bonds is 2. The van der Waals surface area contributed by atoms with Crippen molar-refractivity contribution in [3.63, 3.8) is 0 Å². The zero-order chi connectivity index (χ0) is 11.5. The Morgan fingerprint density at radius 2 is 1.87 bits per heavy atom. The minimum absolute atomic E-state index is 0.201. The summed E-state index contributed by atoms with van der Waals surface area (Å²) >= 11 is 0. The van der Waals surface area contributed by atoms with Gasteiger partial charge in [-0.25, -0.2) is 0 Å². The summed E-state index contributed by atoms with van der Waals surface area (Å²) in [5, 5.41) is 2.76. The van der Waals surface area contributed by atoms with Crippen LogP contribution in [0.1, 0.15) is 33.6 Å². The molecule has 1 heterocycles. The fraction of sp³-hybridized carbons (Fsp3) is 0.818. The van der Waals surface area contributed by atoms with Gasteiger partial charge in [0.05, 0.1) is 0 Å². The minimum Gasteiger partial charge on any atom is -0.356 e. The highest BCUT2D eigenvalue weighted by atomic mass is 16.2. The molecule has 0 spiro atoms. The van der Waals surface area contributed by atoms with E-state index in [9.17, 15) is 9.59 Å². The first-order valence-electron chi connectivity index (χ1n) is 5.44. The first-order valence-corrected chi connectivity index (χ1v) is 5.44. The number of amides is 2. The second kappa shape index (κ2) is 4.64. The number of carbonyl (C=O) groups excluding carboxylic acids is 2. The maximum atomic E-state index is 11.9. The summed E-state index contributed by atoms with van der Waals surface area (Å²) in [5.74, 6) is 0.201. The first-order chi connectivity index (χ1) is 6.95. The van der Waals surface area contributed by atoms with Crippen LogP contribution in [-0.4, -0.2) is 36.3 Å². The fourth-order valence-electron chi connectivity index (χ4n) is 1.82. The van der Waals surface area contributed by atoms with Crippen LogP contribution in [0.5, 0.6) is 0 Å². The molecule has 1 N–H and O–H groups in total. The van der Waals surface area contributed by atoms with E-state index in [1.807, 2.05) is 25.7 Å². The number of nitrogens with one attached hydrogen (secondary N) is 1. The van der Waals surface area contributed by atoms with Crippen molar-refractivity contribution >= 4 is 12.3 Å². The molecule has 0 unspecified atom stereocenters. The standard InChI is InChI=1S/C11H20N2O2/c1-11(2,3)10(15)13-6-4-9(5-7-13)12-8-14/h8-9H,4-7H2,1-3H3,(H,12,14). The lowest BCUT2D eigenvalue weighted by molar-refractivity contribution is -0.140. The Hall–Kier alpha value is -1.06. The molecular weight excluding hydrogens is 192 g/mol. The molecule has 1 aliphatic rings. The lowest BCUT2D eigenvalue weighted by atomic mass is 9.93. The number of hydrogen-bond donors (Lipinski definition) is 1. The Kier molecular flexibility index (Phi) is 3.72. The van der Waals surface area contributed by atoms with Gasteiger partial charge in [-0.05, 0) is 12.8 Å². The molecule has 0 atom stereocenters. The van der Waals surface area contributed by atoms with Gasteiger partial charge in [-0.15, -0.1) is 0 Å². The Morgan fingerprint density at radius 1 is 1.33 bits per heavy atom. The Balaban J connectivity index is 2.44. The van der Waals surface area contributed by atoms with Gasteiger partial charge in [0.15, 0.2) is 0 Å². The highest BCUT2D eigenvalue weighted by Gasteiger charge is 2.29. The van der Waals surface area contributed by atoms with Gasteiger partial charge in [-0.1, -0.05) is 20.8 Å². The number of nitrogens with zero attached hydrogens (tertiary/aromatic N) is 1. The van der Waals surface area contributed by atoms with Crippen molar-refractivity contribution in [3.8, 4) is 0 Å². The third-order valence-corrected chi connectivity index (χ3v) is 2.73. The smallest absolute Gasteiger partial charge is 0.227 e. The van der Waals surface area contributed by atoms with Gasteiger partial charge in [-0.2, -0.15) is 0 Å². The Morgan fingerprint density at radius 3 is 2.27 bits per heavy atom. The molecule has 2 amide bonds. The second-order valence-corrected chi connectivity index (χ2v) is 5.10. The van der Waals surface area contributed by atoms with Crippen molar-refractivity contribution in [1.29, 1.82) is 0 Å². The van der Waals surface area contributed by atoms with Gasteiger partial charge in [0.1, 0.15) is 0 Å². The van der Waals surface area contributed by atoms with Crippen LogP contribution in [0.4, 0.5) is 0 Å². The predicted molar refractivity (Wildman–Crippen MR) is 58.3 cm³/mol. The number of likely N-dealkylation sites (tertiary alicyclic amines) is 1. The van der Waals surface area contributed by atoms with Crippen LogP contribution in [0.2, 0.25) is 0 Å². The molecule has 0 bridgehead atoms. The van der Waals surface area contributed by atoms with Crippen molar-refractivity contribution in [2.75, 3.05) is 13.1 Å². The average molecular weight is 212 g/mol. The number of hydrogen-bond acceptors (Lipinski definition) is 2. The maximum absolute atomic E-state index is 11.9. The molecule has 4 nitrogen and oxygen atoms in total. The molecule has 15 heavy (non-hydrogen) atoms. The summed E-state index contributed by atoms with van der Waals surface area (Å²) < 4.78 is 0. The summed E-state index contributed by atoms with van der Waals surface area (Å²) in [6.07, 6.45) is 2.47. The van der Waals surface area contributed by atoms with Gasteiger partial charge in [0, 0.05) is 24.5 Å². The zero-order valence-corrected chi connectivity index (χ0v) is 9.75. The minimum atomic E-state index is -0.301. The van der Waals surface area contributed by atoms with E-state index < -0.39 is 0 Å². The van der Waals surface area contributed by atoms with E-state index in [-0.39, 0.29) is 17.4 Å². The maximum Gasteiger partial charge on any atom is 0.227 e. The largest absolute Gasteiger partial charge is 0.356 e. The summed E-state index contributed by atoms with van der Waals surface area (Å²) in [6.45, 7) is 7.31. The van der Waals surface area contributed by atoms with E-state index in [1.54, 1.807) is 0 Å². The molecule has 4 heteroatoms. The van der Waals surface area contributed by atoms with Crippen molar-refractivity contribution in [1.82, 2.24) is 10.2 Å². The molecule has 1 fully saturated rings. The van der Waals surface area contributed by atoms with E-state index in [2.05, 4.69) is 5.32 Å². The predicted octanol–water partition coefficient (Wildman–Crippen LogP) is 0.770. The van der Waals surface area contributed by atoms with E-state index in [0.29, 0.717) is 0 Å². The zero-order valence-electron chi connectivity index (χ0n) is 9.75. The van der Waals surface area contributed by atoms with Gasteiger partial charge in [0.25, 0.3) is 0 Å². The van der Waals surface area contributed by atoms with Crippen LogP contribution in [0, 0.1) is 5.41 Å². The topological polar surface area (TPSA) is 49.4 Å². The third-order valence-electron chi connectivity index (χ3n) is 2.73. The lowest BCUT2D eigenvalue weighted by Crippen LogP contribution is -2.48. The van der Waals surface area contributed by atoms with Crippen LogP contribution in [0.3, 0.4) is 0 Å². The molecule has 1 saturated heterocycles. The molecule has 1 aliphatic heterocycles. The summed E-state index contributed by atoms with van der Waals surface area (Å²) in [7, 11) is 0. The van der Waals surface area contributed by atoms with Gasteiger partial charge in [0.2, 0.25) is 12.3 Å². The molecule has 0 aliphatic carbocycles. The lowest BCUT2D eigenvalue weighted by Gasteiger charge is -2.35. The van der Waals surface area contributed by atoms with Crippen LogP contribution < -0.4 is 5.32 Å². The van der Waals surface area contributed by atoms with Crippen LogP contribution in [0.25, 0.3) is 0 Å². The van der Waals surface area contributed by atoms with Crippen molar-refractivity contribution in [3.05, 3.63) is 0 Å². The van der Waals surface area contributed by atoms with E-state index >= 15 is 0 Å². The molecule has 1 rings (SSSR count). The fourth-order valence-corrected chi connectivity index (χ4v) is 1.82. The summed E-state index contributed by atoms with van der Waals surface area (Å²) in [5.41, 5.74) is -0.301. The second-order valence-electron chi connectivity index (χ2n) is 5.10. The van der Waals surface area contributed by atoms with Crippen LogP contribution >= 0.6 is 0 Å². The Bertz CT molecular complexity index is 237. The van der Waals surface area contributed by atoms with Crippen molar-refractivity contribution in [2.45, 2.75) is 39.7 Å². The normalized spacial score (nSPS) is 18.7. The third kappa shape index (κ3) is 3.22. The molecule has 0 aromatic carbocycles. The number of piperidine rings is 1. The summed E-state index contributed by atoms with van der Waals surface area (Å²) in [6, 6.07) is 0.242. The van der Waals surface area contributed by atoms with E-state index in [1.165, 1.54) is 0 Å². The average Bonchev–Trinajstić information content (AvgIpc) is 2.17. The molecule has 86 valence electrons. The Labute approximate surface area is 91.0 Å². The van der Waals surface area contributed by atoms with Gasteiger partial charge < -0.3 is 10.2 Å². The number of carbonyl (C=O) groups is 2. The molecule has 0 radical (unpaired) electrons. The van der Waals surface area contributed by atoms with Gasteiger partial charge >= 0.3 is 0 Å². The monoisotopic (exact) mass is 212 g/mol. The molecule has 0 saturated carbocycles. The van der Waals surface area contributed by atoms with Crippen molar-refractivity contribution in [2.24, 2.45) is 5.41 Å². The highest BCUT2D eigenvalue weighted by molar-refractivity contribution is 5.81. The SMILES string of the molecule is CC(C)(C)C(=O)N1CCC(NC=O)CC1. The van der Waals surface area contributed by atoms with Crippen molar-refractivity contribution < 1.29 is 9.59 Å². The van der Waals surface area contributed by atoms with Gasteiger partial charge in [-0.3, -0.25) is 9.59 Å². The molecule has 0 aromatic rings. The molecular formula is C11H20N2O2. The highest BCUT2D eigenvalue weighted by Crippen LogP contribution is 2.20.